The summed E-state index contributed by atoms with van der Waals surface area (Å²) in [6.07, 6.45) is 2.19. The molecule has 1 N–H and O–H groups in total. The number of carbonyl (C=O) groups is 2. The summed E-state index contributed by atoms with van der Waals surface area (Å²) in [6.45, 7) is 8.65. The molecule has 1 aliphatic heterocycles. The molecule has 2 rings (SSSR count). The van der Waals surface area contributed by atoms with E-state index in [9.17, 15) is 14.7 Å². The summed E-state index contributed by atoms with van der Waals surface area (Å²) in [4.78, 5) is 27.4. The lowest BCUT2D eigenvalue weighted by atomic mass is 9.83. The molecule has 5 heteroatoms. The van der Waals surface area contributed by atoms with Crippen LogP contribution in [0, 0.1) is 0 Å². The molecule has 0 amide bonds. The molecule has 1 aromatic rings. The Kier molecular flexibility index (Phi) is 7.72. The number of aliphatic carboxylic acids is 1. The maximum atomic E-state index is 13.0. The van der Waals surface area contributed by atoms with Gasteiger partial charge in [-0.15, -0.1) is 0 Å². The normalized spacial score (nSPS) is 17.5. The lowest BCUT2D eigenvalue weighted by Gasteiger charge is -2.41. The molecule has 0 saturated carbocycles. The monoisotopic (exact) mass is 387 g/mol. The molecule has 0 bridgehead atoms. The minimum atomic E-state index is -0.943. The van der Waals surface area contributed by atoms with Crippen molar-refractivity contribution in [3.8, 4) is 0 Å². The van der Waals surface area contributed by atoms with Crippen molar-refractivity contribution in [1.29, 1.82) is 0 Å². The van der Waals surface area contributed by atoms with Crippen LogP contribution in [-0.2, 0) is 9.59 Å². The molecule has 146 valence electrons. The number of likely N-dealkylation sites (N-methyl/N-ethyl adjacent to an activating group) is 1. The number of hydrogen-bond donors (Lipinski definition) is 1. The van der Waals surface area contributed by atoms with Gasteiger partial charge in [0.1, 0.15) is 0 Å². The molecule has 0 radical (unpaired) electrons. The lowest BCUT2D eigenvalue weighted by Crippen LogP contribution is -2.38. The molecule has 1 atom stereocenters. The van der Waals surface area contributed by atoms with Gasteiger partial charge < -0.3 is 10.0 Å². The Morgan fingerprint density at radius 1 is 1.11 bits per heavy atom. The highest BCUT2D eigenvalue weighted by Gasteiger charge is 2.39. The number of carboxylic acid groups (broad SMARTS) is 1. The second kappa shape index (κ2) is 9.79. The number of carbonyl (C=O) groups excluding carboxylic acids is 1. The van der Waals surface area contributed by atoms with Gasteiger partial charge in [0, 0.05) is 12.2 Å². The molecule has 4 nitrogen and oxygen atoms in total. The number of nitrogens with zero attached hydrogens (tertiary/aromatic N) is 1. The molecule has 0 fully saturated rings. The SMILES string of the molecule is CCCC1=C(C(=O)SCC)C(CC)=C(C(=O)O)C(c2ccccc2)N1CC. The summed E-state index contributed by atoms with van der Waals surface area (Å²) in [5, 5.41) is 10.1. The van der Waals surface area contributed by atoms with Gasteiger partial charge in [0.15, 0.2) is 0 Å². The topological polar surface area (TPSA) is 57.6 Å². The van der Waals surface area contributed by atoms with Gasteiger partial charge in [0.2, 0.25) is 5.12 Å². The molecule has 0 saturated heterocycles. The van der Waals surface area contributed by atoms with Crippen LogP contribution < -0.4 is 0 Å². The van der Waals surface area contributed by atoms with Gasteiger partial charge in [-0.2, -0.15) is 0 Å². The maximum absolute atomic E-state index is 13.0. The van der Waals surface area contributed by atoms with E-state index in [1.54, 1.807) is 0 Å². The molecule has 1 aromatic carbocycles. The zero-order valence-electron chi connectivity index (χ0n) is 16.6. The first-order chi connectivity index (χ1) is 13.0. The standard InChI is InChI=1S/C22H29NO3S/c1-5-12-17-18(22(26)27-8-4)16(6-2)19(21(24)25)20(23(17)7-3)15-13-10-9-11-14-15/h9-11,13-14,20H,5-8,12H2,1-4H3,(H,24,25). The van der Waals surface area contributed by atoms with E-state index in [2.05, 4.69) is 11.8 Å². The van der Waals surface area contributed by atoms with Crippen LogP contribution in [0.3, 0.4) is 0 Å². The largest absolute Gasteiger partial charge is 0.478 e. The first-order valence-corrected chi connectivity index (χ1v) is 10.7. The first-order valence-electron chi connectivity index (χ1n) is 9.70. The molecule has 1 heterocycles. The van der Waals surface area contributed by atoms with Crippen molar-refractivity contribution in [2.45, 2.75) is 53.0 Å². The second-order valence-corrected chi connectivity index (χ2v) is 7.68. The van der Waals surface area contributed by atoms with Crippen molar-refractivity contribution in [3.63, 3.8) is 0 Å². The van der Waals surface area contributed by atoms with Gasteiger partial charge in [-0.3, -0.25) is 4.79 Å². The number of hydrogen-bond acceptors (Lipinski definition) is 4. The quantitative estimate of drug-likeness (QED) is 0.665. The third-order valence-electron chi connectivity index (χ3n) is 4.85. The average Bonchev–Trinajstić information content (AvgIpc) is 2.67. The predicted octanol–water partition coefficient (Wildman–Crippen LogP) is 5.19. The Balaban J connectivity index is 2.81. The van der Waals surface area contributed by atoms with E-state index < -0.39 is 5.97 Å². The number of benzene rings is 1. The second-order valence-electron chi connectivity index (χ2n) is 6.44. The van der Waals surface area contributed by atoms with Crippen LogP contribution in [0.25, 0.3) is 0 Å². The Hall–Kier alpha value is -2.01. The highest BCUT2D eigenvalue weighted by atomic mass is 32.2. The average molecular weight is 388 g/mol. The van der Waals surface area contributed by atoms with E-state index in [0.717, 1.165) is 24.1 Å². The van der Waals surface area contributed by atoms with Crippen molar-refractivity contribution in [2.75, 3.05) is 12.3 Å². The summed E-state index contributed by atoms with van der Waals surface area (Å²) < 4.78 is 0. The van der Waals surface area contributed by atoms with Crippen molar-refractivity contribution in [2.24, 2.45) is 0 Å². The van der Waals surface area contributed by atoms with Gasteiger partial charge in [0.05, 0.1) is 17.2 Å². The summed E-state index contributed by atoms with van der Waals surface area (Å²) >= 11 is 1.26. The van der Waals surface area contributed by atoms with Crippen LogP contribution in [0.4, 0.5) is 0 Å². The van der Waals surface area contributed by atoms with E-state index in [4.69, 9.17) is 0 Å². The third-order valence-corrected chi connectivity index (χ3v) is 5.61. The minimum Gasteiger partial charge on any atom is -0.478 e. The summed E-state index contributed by atoms with van der Waals surface area (Å²) in [7, 11) is 0. The van der Waals surface area contributed by atoms with Gasteiger partial charge in [-0.25, -0.2) is 4.79 Å². The fourth-order valence-electron chi connectivity index (χ4n) is 3.85. The first kappa shape index (κ1) is 21.3. The molecule has 27 heavy (non-hydrogen) atoms. The number of carboxylic acids is 1. The zero-order valence-corrected chi connectivity index (χ0v) is 17.4. The van der Waals surface area contributed by atoms with Gasteiger partial charge in [-0.1, -0.05) is 69.3 Å². The number of allylic oxidation sites excluding steroid dienone is 2. The molecule has 1 unspecified atom stereocenters. The van der Waals surface area contributed by atoms with Gasteiger partial charge in [0.25, 0.3) is 0 Å². The zero-order chi connectivity index (χ0) is 20.0. The van der Waals surface area contributed by atoms with E-state index in [1.165, 1.54) is 11.8 Å². The van der Waals surface area contributed by atoms with Crippen molar-refractivity contribution < 1.29 is 14.7 Å². The van der Waals surface area contributed by atoms with Crippen LogP contribution in [0.1, 0.15) is 58.6 Å². The van der Waals surface area contributed by atoms with Crippen molar-refractivity contribution in [3.05, 3.63) is 58.3 Å². The van der Waals surface area contributed by atoms with Gasteiger partial charge in [-0.05, 0) is 36.7 Å². The molecular weight excluding hydrogens is 358 g/mol. The number of thioether (sulfide) groups is 1. The molecular formula is C22H29NO3S. The summed E-state index contributed by atoms with van der Waals surface area (Å²) in [5.41, 5.74) is 3.59. The molecule has 0 aromatic heterocycles. The van der Waals surface area contributed by atoms with Gasteiger partial charge >= 0.3 is 5.97 Å². The molecule has 0 aliphatic carbocycles. The smallest absolute Gasteiger partial charge is 0.334 e. The van der Waals surface area contributed by atoms with Crippen LogP contribution in [0.2, 0.25) is 0 Å². The van der Waals surface area contributed by atoms with Crippen LogP contribution in [0.15, 0.2) is 52.7 Å². The van der Waals surface area contributed by atoms with Crippen molar-refractivity contribution in [1.82, 2.24) is 4.90 Å². The van der Waals surface area contributed by atoms with Crippen molar-refractivity contribution >= 4 is 22.8 Å². The number of rotatable bonds is 8. The summed E-state index contributed by atoms with van der Waals surface area (Å²) in [5.74, 6) is -0.267. The minimum absolute atomic E-state index is 0.0125. The van der Waals surface area contributed by atoms with Crippen LogP contribution in [-0.4, -0.2) is 33.4 Å². The Morgan fingerprint density at radius 3 is 2.26 bits per heavy atom. The Labute approximate surface area is 166 Å². The van der Waals surface area contributed by atoms with Crippen LogP contribution >= 0.6 is 11.8 Å². The predicted molar refractivity (Wildman–Crippen MR) is 112 cm³/mol. The lowest BCUT2D eigenvalue weighted by molar-refractivity contribution is -0.133. The molecule has 1 aliphatic rings. The van der Waals surface area contributed by atoms with E-state index >= 15 is 0 Å². The van der Waals surface area contributed by atoms with Crippen LogP contribution in [0.5, 0.6) is 0 Å². The highest BCUT2D eigenvalue weighted by Crippen LogP contribution is 2.44. The fraction of sp³-hybridized carbons (Fsp3) is 0.455. The van der Waals surface area contributed by atoms with E-state index in [0.29, 0.717) is 35.4 Å². The Morgan fingerprint density at radius 2 is 1.78 bits per heavy atom. The maximum Gasteiger partial charge on any atom is 0.334 e. The molecule has 0 spiro atoms. The highest BCUT2D eigenvalue weighted by molar-refractivity contribution is 8.14. The third kappa shape index (κ3) is 4.29. The van der Waals surface area contributed by atoms with E-state index in [-0.39, 0.29) is 11.2 Å². The summed E-state index contributed by atoms with van der Waals surface area (Å²) in [6, 6.07) is 9.38. The Bertz CT molecular complexity index is 752. The van der Waals surface area contributed by atoms with E-state index in [1.807, 2.05) is 51.1 Å². The fourth-order valence-corrected chi connectivity index (χ4v) is 4.50.